The number of aromatic nitrogens is 3. The molecule has 0 spiro atoms. The molecule has 0 bridgehead atoms. The molecule has 1 N–H and O–H groups in total. The molecule has 8 heteroatoms. The van der Waals surface area contributed by atoms with Crippen LogP contribution in [0.2, 0.25) is 0 Å². The lowest BCUT2D eigenvalue weighted by molar-refractivity contribution is 0.219. The van der Waals surface area contributed by atoms with E-state index in [0.29, 0.717) is 13.1 Å². The van der Waals surface area contributed by atoms with E-state index < -0.39 is 0 Å². The SMILES string of the molecule is CCNC(=NCC(C)Oc1ccccc1F)N(C)Cc1ncnn1C. The number of hydrogen-bond acceptors (Lipinski definition) is 4. The minimum Gasteiger partial charge on any atom is -0.486 e. The molecular formula is C17H25FN6O. The molecule has 2 rings (SSSR count). The first-order valence-electron chi connectivity index (χ1n) is 8.24. The van der Waals surface area contributed by atoms with Gasteiger partial charge in [-0.3, -0.25) is 4.68 Å². The highest BCUT2D eigenvalue weighted by Gasteiger charge is 2.12. The second-order valence-electron chi connectivity index (χ2n) is 5.71. The molecule has 2 aromatic rings. The molecule has 0 saturated carbocycles. The molecule has 0 aliphatic heterocycles. The predicted octanol–water partition coefficient (Wildman–Crippen LogP) is 1.82. The lowest BCUT2D eigenvalue weighted by Crippen LogP contribution is -2.39. The molecule has 0 aliphatic carbocycles. The summed E-state index contributed by atoms with van der Waals surface area (Å²) >= 11 is 0. The average molecular weight is 348 g/mol. The van der Waals surface area contributed by atoms with Gasteiger partial charge in [-0.15, -0.1) is 0 Å². The maximum atomic E-state index is 13.7. The number of hydrogen-bond donors (Lipinski definition) is 1. The molecule has 0 amide bonds. The van der Waals surface area contributed by atoms with Crippen molar-refractivity contribution in [3.8, 4) is 5.75 Å². The summed E-state index contributed by atoms with van der Waals surface area (Å²) in [5.74, 6) is 1.44. The highest BCUT2D eigenvalue weighted by molar-refractivity contribution is 5.79. The Morgan fingerprint density at radius 1 is 1.44 bits per heavy atom. The maximum Gasteiger partial charge on any atom is 0.194 e. The summed E-state index contributed by atoms with van der Waals surface area (Å²) < 4.78 is 21.0. The third-order valence-electron chi connectivity index (χ3n) is 3.54. The lowest BCUT2D eigenvalue weighted by Gasteiger charge is -2.22. The van der Waals surface area contributed by atoms with Gasteiger partial charge in [0.25, 0.3) is 0 Å². The zero-order valence-corrected chi connectivity index (χ0v) is 15.1. The molecule has 1 aromatic heterocycles. The van der Waals surface area contributed by atoms with Gasteiger partial charge >= 0.3 is 0 Å². The summed E-state index contributed by atoms with van der Waals surface area (Å²) in [7, 11) is 3.78. The Balaban J connectivity index is 1.98. The van der Waals surface area contributed by atoms with Gasteiger partial charge in [0, 0.05) is 20.6 Å². The first kappa shape index (κ1) is 18.7. The van der Waals surface area contributed by atoms with E-state index in [4.69, 9.17) is 4.74 Å². The molecule has 0 fully saturated rings. The van der Waals surface area contributed by atoms with E-state index in [0.717, 1.165) is 18.3 Å². The van der Waals surface area contributed by atoms with E-state index in [1.807, 2.05) is 32.8 Å². The fourth-order valence-electron chi connectivity index (χ4n) is 2.23. The molecule has 136 valence electrons. The largest absolute Gasteiger partial charge is 0.486 e. The molecule has 1 heterocycles. The number of para-hydroxylation sites is 1. The van der Waals surface area contributed by atoms with E-state index in [1.165, 1.54) is 12.4 Å². The second kappa shape index (κ2) is 9.00. The fraction of sp³-hybridized carbons (Fsp3) is 0.471. The number of halogens is 1. The van der Waals surface area contributed by atoms with Crippen molar-refractivity contribution >= 4 is 5.96 Å². The van der Waals surface area contributed by atoms with Crippen LogP contribution in [0.4, 0.5) is 4.39 Å². The first-order valence-corrected chi connectivity index (χ1v) is 8.24. The lowest BCUT2D eigenvalue weighted by atomic mass is 10.3. The Morgan fingerprint density at radius 3 is 2.84 bits per heavy atom. The molecule has 1 unspecified atom stereocenters. The van der Waals surface area contributed by atoms with Crippen molar-refractivity contribution in [3.63, 3.8) is 0 Å². The van der Waals surface area contributed by atoms with Gasteiger partial charge in [-0.25, -0.2) is 14.4 Å². The van der Waals surface area contributed by atoms with Crippen molar-refractivity contribution in [2.45, 2.75) is 26.5 Å². The van der Waals surface area contributed by atoms with E-state index in [2.05, 4.69) is 20.4 Å². The number of ether oxygens (including phenoxy) is 1. The third kappa shape index (κ3) is 5.44. The van der Waals surface area contributed by atoms with Crippen molar-refractivity contribution in [2.75, 3.05) is 20.1 Å². The van der Waals surface area contributed by atoms with Crippen molar-refractivity contribution in [1.29, 1.82) is 0 Å². The van der Waals surface area contributed by atoms with Crippen molar-refractivity contribution in [2.24, 2.45) is 12.0 Å². The normalized spacial score (nSPS) is 12.8. The number of nitrogens with one attached hydrogen (secondary N) is 1. The molecular weight excluding hydrogens is 323 g/mol. The molecule has 7 nitrogen and oxygen atoms in total. The monoisotopic (exact) mass is 348 g/mol. The number of guanidine groups is 1. The van der Waals surface area contributed by atoms with Crippen molar-refractivity contribution < 1.29 is 9.13 Å². The summed E-state index contributed by atoms with van der Waals surface area (Å²) in [6.07, 6.45) is 1.27. The number of nitrogens with zero attached hydrogens (tertiary/aromatic N) is 5. The Labute approximate surface area is 147 Å². The van der Waals surface area contributed by atoms with Crippen LogP contribution in [0.25, 0.3) is 0 Å². The highest BCUT2D eigenvalue weighted by atomic mass is 19.1. The highest BCUT2D eigenvalue weighted by Crippen LogP contribution is 2.17. The number of benzene rings is 1. The number of aryl methyl sites for hydroxylation is 1. The zero-order chi connectivity index (χ0) is 18.2. The Morgan fingerprint density at radius 2 is 2.20 bits per heavy atom. The quantitative estimate of drug-likeness (QED) is 0.611. The maximum absolute atomic E-state index is 13.7. The molecule has 0 aliphatic rings. The summed E-state index contributed by atoms with van der Waals surface area (Å²) in [5, 5.41) is 7.30. The van der Waals surface area contributed by atoms with Crippen LogP contribution in [0.1, 0.15) is 19.7 Å². The van der Waals surface area contributed by atoms with Crippen LogP contribution in [0.3, 0.4) is 0 Å². The minimum atomic E-state index is -0.371. The van der Waals surface area contributed by atoms with Gasteiger partial charge in [0.1, 0.15) is 18.3 Å². The van der Waals surface area contributed by atoms with Crippen LogP contribution in [-0.2, 0) is 13.6 Å². The van der Waals surface area contributed by atoms with Gasteiger partial charge in [0.15, 0.2) is 17.5 Å². The van der Waals surface area contributed by atoms with Crippen LogP contribution in [0, 0.1) is 5.82 Å². The smallest absolute Gasteiger partial charge is 0.194 e. The van der Waals surface area contributed by atoms with E-state index >= 15 is 0 Å². The molecule has 25 heavy (non-hydrogen) atoms. The summed E-state index contributed by atoms with van der Waals surface area (Å²) in [4.78, 5) is 10.8. The Bertz CT molecular complexity index is 702. The minimum absolute atomic E-state index is 0.239. The van der Waals surface area contributed by atoms with Gasteiger partial charge in [0.2, 0.25) is 0 Å². The van der Waals surface area contributed by atoms with Crippen molar-refractivity contribution in [3.05, 3.63) is 42.2 Å². The van der Waals surface area contributed by atoms with E-state index in [9.17, 15) is 4.39 Å². The molecule has 0 saturated heterocycles. The standard InChI is InChI=1S/C17H25FN6O/c1-5-19-17(23(3)11-16-21-12-22-24(16)4)20-10-13(2)25-15-9-7-6-8-14(15)18/h6-9,12-13H,5,10-11H2,1-4H3,(H,19,20). The molecule has 1 atom stereocenters. The van der Waals surface area contributed by atoms with Gasteiger partial charge in [-0.2, -0.15) is 5.10 Å². The van der Waals surface area contributed by atoms with E-state index in [-0.39, 0.29) is 17.7 Å². The van der Waals surface area contributed by atoms with E-state index in [1.54, 1.807) is 22.9 Å². The van der Waals surface area contributed by atoms with Crippen molar-refractivity contribution in [1.82, 2.24) is 25.0 Å². The summed E-state index contributed by atoms with van der Waals surface area (Å²) in [6.45, 7) is 5.59. The average Bonchev–Trinajstić information content (AvgIpc) is 2.98. The Hall–Kier alpha value is -2.64. The van der Waals surface area contributed by atoms with Crippen LogP contribution in [-0.4, -0.2) is 51.9 Å². The van der Waals surface area contributed by atoms with Gasteiger partial charge in [-0.05, 0) is 26.0 Å². The first-order chi connectivity index (χ1) is 12.0. The Kier molecular flexibility index (Phi) is 6.73. The second-order valence-corrected chi connectivity index (χ2v) is 5.71. The molecule has 1 aromatic carbocycles. The van der Waals surface area contributed by atoms with Crippen LogP contribution < -0.4 is 10.1 Å². The van der Waals surface area contributed by atoms with Gasteiger partial charge < -0.3 is 15.0 Å². The predicted molar refractivity (Wildman–Crippen MR) is 94.9 cm³/mol. The van der Waals surface area contributed by atoms with Gasteiger partial charge in [-0.1, -0.05) is 12.1 Å². The molecule has 0 radical (unpaired) electrons. The zero-order valence-electron chi connectivity index (χ0n) is 15.1. The number of rotatable bonds is 7. The third-order valence-corrected chi connectivity index (χ3v) is 3.54. The summed E-state index contributed by atoms with van der Waals surface area (Å²) in [6, 6.07) is 6.37. The fourth-order valence-corrected chi connectivity index (χ4v) is 2.23. The van der Waals surface area contributed by atoms with Crippen LogP contribution in [0.15, 0.2) is 35.6 Å². The van der Waals surface area contributed by atoms with Crippen LogP contribution >= 0.6 is 0 Å². The van der Waals surface area contributed by atoms with Crippen LogP contribution in [0.5, 0.6) is 5.75 Å². The number of aliphatic imine (C=N–C) groups is 1. The van der Waals surface area contributed by atoms with Gasteiger partial charge in [0.05, 0.1) is 13.1 Å². The summed E-state index contributed by atoms with van der Waals surface area (Å²) in [5.41, 5.74) is 0. The topological polar surface area (TPSA) is 67.6 Å².